The van der Waals surface area contributed by atoms with Crippen LogP contribution in [0.15, 0.2) is 53.9 Å². The molecule has 0 aliphatic carbocycles. The molecule has 7 nitrogen and oxygen atoms in total. The summed E-state index contributed by atoms with van der Waals surface area (Å²) in [5.74, 6) is -0.0176. The normalized spacial score (nSPS) is 17.1. The molecule has 1 unspecified atom stereocenters. The maximum atomic E-state index is 13.7. The van der Waals surface area contributed by atoms with E-state index in [1.807, 2.05) is 36.4 Å². The fourth-order valence-electron chi connectivity index (χ4n) is 4.18. The van der Waals surface area contributed by atoms with Gasteiger partial charge in [-0.1, -0.05) is 35.9 Å². The summed E-state index contributed by atoms with van der Waals surface area (Å²) in [5, 5.41) is 3.28. The fraction of sp³-hybridized carbons (Fsp3) is 0.346. The van der Waals surface area contributed by atoms with Crippen molar-refractivity contribution in [3.8, 4) is 5.75 Å². The number of amides is 2. The molecule has 0 bridgehead atoms. The van der Waals surface area contributed by atoms with E-state index in [9.17, 15) is 14.4 Å². The van der Waals surface area contributed by atoms with E-state index in [2.05, 4.69) is 0 Å². The lowest BCUT2D eigenvalue weighted by Crippen LogP contribution is -2.68. The molecular weight excluding hydrogens is 488 g/mol. The number of nitrogens with zero attached hydrogens (tertiary/aromatic N) is 2. The SMILES string of the molecule is COC(=O)CCCN(Cc1ccc(Cl)cc1)C(=O)C1(C)CCN1C(=O)Oc1csc2ccccc12. The minimum absolute atomic E-state index is 0.185. The average molecular weight is 515 g/mol. The summed E-state index contributed by atoms with van der Waals surface area (Å²) in [6.07, 6.45) is 0.637. The minimum Gasteiger partial charge on any atom is -0.469 e. The number of esters is 1. The van der Waals surface area contributed by atoms with Crippen LogP contribution in [-0.2, 0) is 20.9 Å². The molecule has 9 heteroatoms. The van der Waals surface area contributed by atoms with Crippen LogP contribution in [-0.4, -0.2) is 53.5 Å². The average Bonchev–Trinajstić information content (AvgIpc) is 3.25. The number of thiophene rings is 1. The number of ether oxygens (including phenoxy) is 2. The van der Waals surface area contributed by atoms with Crippen LogP contribution >= 0.6 is 22.9 Å². The third kappa shape index (κ3) is 5.44. The Kier molecular flexibility index (Phi) is 7.62. The van der Waals surface area contributed by atoms with Crippen LogP contribution in [0.1, 0.15) is 31.7 Å². The molecule has 3 aromatic rings. The van der Waals surface area contributed by atoms with Crippen molar-refractivity contribution in [3.05, 3.63) is 64.5 Å². The Morgan fingerprint density at radius 2 is 1.89 bits per heavy atom. The van der Waals surface area contributed by atoms with Gasteiger partial charge in [0, 0.05) is 46.5 Å². The lowest BCUT2D eigenvalue weighted by molar-refractivity contribution is -0.151. The molecule has 0 radical (unpaired) electrons. The fourth-order valence-corrected chi connectivity index (χ4v) is 5.16. The maximum Gasteiger partial charge on any atom is 0.416 e. The Morgan fingerprint density at radius 3 is 2.57 bits per heavy atom. The second-order valence-corrected chi connectivity index (χ2v) is 10.0. The topological polar surface area (TPSA) is 76.2 Å². The molecule has 4 rings (SSSR count). The molecule has 0 saturated carbocycles. The van der Waals surface area contributed by atoms with Crippen molar-refractivity contribution in [3.63, 3.8) is 0 Å². The number of likely N-dealkylation sites (tertiary alicyclic amines) is 1. The van der Waals surface area contributed by atoms with E-state index in [1.165, 1.54) is 23.3 Å². The molecule has 184 valence electrons. The van der Waals surface area contributed by atoms with Gasteiger partial charge >= 0.3 is 12.1 Å². The Bertz CT molecular complexity index is 1230. The second kappa shape index (κ2) is 10.7. The van der Waals surface area contributed by atoms with Crippen molar-refractivity contribution in [2.24, 2.45) is 0 Å². The van der Waals surface area contributed by atoms with Crippen LogP contribution in [0.4, 0.5) is 4.79 Å². The summed E-state index contributed by atoms with van der Waals surface area (Å²) in [6, 6.07) is 15.0. The van der Waals surface area contributed by atoms with Crippen molar-refractivity contribution in [1.82, 2.24) is 9.80 Å². The van der Waals surface area contributed by atoms with Gasteiger partial charge in [-0.15, -0.1) is 11.3 Å². The first kappa shape index (κ1) is 25.0. The molecule has 1 saturated heterocycles. The lowest BCUT2D eigenvalue weighted by atomic mass is 9.85. The van der Waals surface area contributed by atoms with Gasteiger partial charge in [-0.25, -0.2) is 4.79 Å². The number of halogens is 1. The van der Waals surface area contributed by atoms with Crippen LogP contribution in [0, 0.1) is 0 Å². The van der Waals surface area contributed by atoms with Gasteiger partial charge in [0.1, 0.15) is 5.54 Å². The quantitative estimate of drug-likeness (QED) is 0.371. The molecule has 0 spiro atoms. The molecule has 0 N–H and O–H groups in total. The monoisotopic (exact) mass is 514 g/mol. The van der Waals surface area contributed by atoms with Gasteiger partial charge in [-0.3, -0.25) is 14.5 Å². The zero-order valence-electron chi connectivity index (χ0n) is 19.7. The first-order chi connectivity index (χ1) is 16.8. The van der Waals surface area contributed by atoms with Gasteiger partial charge in [0.2, 0.25) is 5.91 Å². The van der Waals surface area contributed by atoms with Crippen molar-refractivity contribution < 1.29 is 23.9 Å². The van der Waals surface area contributed by atoms with Gasteiger partial charge in [0.25, 0.3) is 0 Å². The zero-order chi connectivity index (χ0) is 25.0. The summed E-state index contributed by atoms with van der Waals surface area (Å²) in [4.78, 5) is 41.6. The van der Waals surface area contributed by atoms with Crippen molar-refractivity contribution >= 4 is 51.0 Å². The summed E-state index contributed by atoms with van der Waals surface area (Å²) in [7, 11) is 1.34. The number of carbonyl (C=O) groups is 3. The van der Waals surface area contributed by atoms with Crippen LogP contribution < -0.4 is 4.74 Å². The van der Waals surface area contributed by atoms with Gasteiger partial charge < -0.3 is 14.4 Å². The summed E-state index contributed by atoms with van der Waals surface area (Å²) in [6.45, 7) is 2.89. The van der Waals surface area contributed by atoms with Gasteiger partial charge in [0.05, 0.1) is 7.11 Å². The molecular formula is C26H27ClN2O5S. The van der Waals surface area contributed by atoms with Crippen molar-refractivity contribution in [2.75, 3.05) is 20.2 Å². The van der Waals surface area contributed by atoms with Crippen LogP contribution in [0.3, 0.4) is 0 Å². The van der Waals surface area contributed by atoms with Crippen LogP contribution in [0.2, 0.25) is 5.02 Å². The molecule has 1 fully saturated rings. The summed E-state index contributed by atoms with van der Waals surface area (Å²) >= 11 is 7.51. The highest BCUT2D eigenvalue weighted by Gasteiger charge is 2.52. The molecule has 1 atom stereocenters. The van der Waals surface area contributed by atoms with Gasteiger partial charge in [-0.2, -0.15) is 0 Å². The number of carbonyl (C=O) groups excluding carboxylic acids is 3. The Hall–Kier alpha value is -3.10. The number of benzene rings is 2. The standard InChI is InChI=1S/C26H27ClN2O5S/c1-26(13-15-29(26)25(32)34-21-17-35-22-7-4-3-6-20(21)22)24(31)28(14-5-8-23(30)33-2)16-18-9-11-19(27)12-10-18/h3-4,6-7,9-12,17H,5,8,13-16H2,1-2H3. The van der Waals surface area contributed by atoms with E-state index < -0.39 is 11.6 Å². The van der Waals surface area contributed by atoms with Crippen molar-refractivity contribution in [1.29, 1.82) is 0 Å². The Balaban J connectivity index is 1.49. The van der Waals surface area contributed by atoms with Gasteiger partial charge in [0.15, 0.2) is 5.75 Å². The smallest absolute Gasteiger partial charge is 0.416 e. The Morgan fingerprint density at radius 1 is 1.14 bits per heavy atom. The van der Waals surface area contributed by atoms with E-state index in [1.54, 1.807) is 29.3 Å². The molecule has 1 aromatic heterocycles. The third-order valence-electron chi connectivity index (χ3n) is 6.35. The molecule has 2 heterocycles. The predicted octanol–water partition coefficient (Wildman–Crippen LogP) is 5.50. The molecule has 1 aliphatic heterocycles. The highest BCUT2D eigenvalue weighted by Crippen LogP contribution is 2.36. The Labute approximate surface area is 213 Å². The second-order valence-electron chi connectivity index (χ2n) is 8.67. The number of hydrogen-bond donors (Lipinski definition) is 0. The zero-order valence-corrected chi connectivity index (χ0v) is 21.2. The lowest BCUT2D eigenvalue weighted by Gasteiger charge is -2.49. The van der Waals surface area contributed by atoms with E-state index >= 15 is 0 Å². The van der Waals surface area contributed by atoms with E-state index in [0.717, 1.165) is 15.6 Å². The number of hydrogen-bond acceptors (Lipinski definition) is 6. The number of fused-ring (bicyclic) bond motifs is 1. The molecule has 2 amide bonds. The largest absolute Gasteiger partial charge is 0.469 e. The predicted molar refractivity (Wildman–Crippen MR) is 136 cm³/mol. The third-order valence-corrected chi connectivity index (χ3v) is 7.55. The van der Waals surface area contributed by atoms with E-state index in [0.29, 0.717) is 43.2 Å². The first-order valence-corrected chi connectivity index (χ1v) is 12.6. The van der Waals surface area contributed by atoms with Crippen LogP contribution in [0.5, 0.6) is 5.75 Å². The highest BCUT2D eigenvalue weighted by molar-refractivity contribution is 7.17. The first-order valence-electron chi connectivity index (χ1n) is 11.4. The maximum absolute atomic E-state index is 13.7. The summed E-state index contributed by atoms with van der Waals surface area (Å²) < 4.78 is 11.5. The van der Waals surface area contributed by atoms with E-state index in [-0.39, 0.29) is 18.3 Å². The molecule has 35 heavy (non-hydrogen) atoms. The molecule has 1 aliphatic rings. The number of methoxy groups -OCH3 is 1. The number of rotatable bonds is 8. The minimum atomic E-state index is -1.03. The van der Waals surface area contributed by atoms with Crippen LogP contribution in [0.25, 0.3) is 10.1 Å². The van der Waals surface area contributed by atoms with E-state index in [4.69, 9.17) is 21.1 Å². The van der Waals surface area contributed by atoms with Gasteiger partial charge in [-0.05, 0) is 49.6 Å². The highest BCUT2D eigenvalue weighted by atomic mass is 35.5. The summed E-state index contributed by atoms with van der Waals surface area (Å²) in [5.41, 5.74) is -0.122. The van der Waals surface area contributed by atoms with Crippen molar-refractivity contribution in [2.45, 2.75) is 38.3 Å². The molecule has 2 aromatic carbocycles.